The minimum absolute atomic E-state index is 0.0873. The summed E-state index contributed by atoms with van der Waals surface area (Å²) < 4.78 is 11.2. The summed E-state index contributed by atoms with van der Waals surface area (Å²) in [5.74, 6) is 2.48. The van der Waals surface area contributed by atoms with E-state index >= 15 is 0 Å². The van der Waals surface area contributed by atoms with Crippen molar-refractivity contribution in [1.82, 2.24) is 10.2 Å². The molecule has 7 heteroatoms. The highest BCUT2D eigenvalue weighted by molar-refractivity contribution is 5.79. The van der Waals surface area contributed by atoms with Gasteiger partial charge in [0.25, 0.3) is 5.89 Å². The van der Waals surface area contributed by atoms with Crippen LogP contribution in [0, 0.1) is 5.92 Å². The molecule has 7 nitrogen and oxygen atoms in total. The maximum atomic E-state index is 5.74. The van der Waals surface area contributed by atoms with Crippen LogP contribution in [0.3, 0.4) is 0 Å². The van der Waals surface area contributed by atoms with Gasteiger partial charge in [-0.3, -0.25) is 0 Å². The first kappa shape index (κ1) is 18.8. The lowest BCUT2D eigenvalue weighted by Gasteiger charge is -2.05. The first-order valence-corrected chi connectivity index (χ1v) is 8.58. The molecule has 0 saturated carbocycles. The van der Waals surface area contributed by atoms with Gasteiger partial charge in [-0.05, 0) is 36.6 Å². The fourth-order valence-electron chi connectivity index (χ4n) is 2.08. The number of oxime groups is 1. The molecule has 0 aliphatic rings. The van der Waals surface area contributed by atoms with Gasteiger partial charge in [0.05, 0.1) is 6.61 Å². The van der Waals surface area contributed by atoms with Crippen molar-refractivity contribution in [2.45, 2.75) is 46.6 Å². The summed E-state index contributed by atoms with van der Waals surface area (Å²) >= 11 is 0. The van der Waals surface area contributed by atoms with Crippen molar-refractivity contribution in [1.29, 1.82) is 0 Å². The number of amidine groups is 1. The fourth-order valence-corrected chi connectivity index (χ4v) is 2.08. The van der Waals surface area contributed by atoms with E-state index in [1.165, 1.54) is 0 Å². The maximum absolute atomic E-state index is 5.74. The molecule has 1 aromatic carbocycles. The lowest BCUT2D eigenvalue weighted by molar-refractivity contribution is 0.110. The van der Waals surface area contributed by atoms with Crippen LogP contribution < -0.4 is 10.5 Å². The Morgan fingerprint density at radius 1 is 1.24 bits per heavy atom. The summed E-state index contributed by atoms with van der Waals surface area (Å²) in [5.41, 5.74) is 6.56. The fraction of sp³-hybridized carbons (Fsp3) is 0.500. The van der Waals surface area contributed by atoms with Crippen LogP contribution in [0.1, 0.15) is 45.9 Å². The molecule has 25 heavy (non-hydrogen) atoms. The second-order valence-corrected chi connectivity index (χ2v) is 6.18. The molecule has 1 aromatic heterocycles. The minimum Gasteiger partial charge on any atom is -0.494 e. The number of benzene rings is 1. The van der Waals surface area contributed by atoms with Crippen molar-refractivity contribution in [2.24, 2.45) is 16.8 Å². The smallest absolute Gasteiger partial charge is 0.257 e. The van der Waals surface area contributed by atoms with Gasteiger partial charge >= 0.3 is 0 Å². The van der Waals surface area contributed by atoms with Crippen LogP contribution in [0.15, 0.2) is 33.8 Å². The highest BCUT2D eigenvalue weighted by Gasteiger charge is 2.09. The van der Waals surface area contributed by atoms with Gasteiger partial charge in [-0.25, -0.2) is 0 Å². The summed E-state index contributed by atoms with van der Waals surface area (Å²) in [7, 11) is 0. The molecule has 1 heterocycles. The summed E-state index contributed by atoms with van der Waals surface area (Å²) in [6.07, 6.45) is 2.83. The highest BCUT2D eigenvalue weighted by Crippen LogP contribution is 2.21. The summed E-state index contributed by atoms with van der Waals surface area (Å²) in [5, 5.41) is 11.8. The Kier molecular flexibility index (Phi) is 7.25. The van der Waals surface area contributed by atoms with E-state index in [0.717, 1.165) is 30.8 Å². The first-order valence-electron chi connectivity index (χ1n) is 8.58. The van der Waals surface area contributed by atoms with E-state index in [0.29, 0.717) is 30.0 Å². The van der Waals surface area contributed by atoms with Gasteiger partial charge in [0.1, 0.15) is 11.6 Å². The predicted molar refractivity (Wildman–Crippen MR) is 96.0 cm³/mol. The molecule has 0 bridgehead atoms. The van der Waals surface area contributed by atoms with E-state index in [9.17, 15) is 0 Å². The second kappa shape index (κ2) is 9.66. The molecule has 0 saturated heterocycles. The Morgan fingerprint density at radius 3 is 2.68 bits per heavy atom. The van der Waals surface area contributed by atoms with Crippen LogP contribution in [-0.4, -0.2) is 22.6 Å². The SMILES string of the molecule is CCCCOc1ccc(-c2nnc(CON=C(N)CC(C)C)o2)cc1. The van der Waals surface area contributed by atoms with Crippen LogP contribution >= 0.6 is 0 Å². The van der Waals surface area contributed by atoms with Gasteiger partial charge in [0, 0.05) is 12.0 Å². The van der Waals surface area contributed by atoms with E-state index in [4.69, 9.17) is 19.7 Å². The Balaban J connectivity index is 1.88. The summed E-state index contributed by atoms with van der Waals surface area (Å²) in [6.45, 7) is 7.06. The standard InChI is InChI=1S/C18H26N4O3/c1-4-5-10-23-15-8-6-14(7-9-15)18-21-20-17(25-18)12-24-22-16(19)11-13(2)3/h6-9,13H,4-5,10-12H2,1-3H3,(H2,19,22). The molecule has 2 N–H and O–H groups in total. The quantitative estimate of drug-likeness (QED) is 0.305. The van der Waals surface area contributed by atoms with Crippen molar-refractivity contribution in [3.05, 3.63) is 30.2 Å². The Morgan fingerprint density at radius 2 is 2.00 bits per heavy atom. The van der Waals surface area contributed by atoms with E-state index in [1.54, 1.807) is 0 Å². The van der Waals surface area contributed by atoms with E-state index < -0.39 is 0 Å². The Labute approximate surface area is 148 Å². The van der Waals surface area contributed by atoms with Crippen LogP contribution in [0.4, 0.5) is 0 Å². The molecule has 0 radical (unpaired) electrons. The van der Waals surface area contributed by atoms with Crippen LogP contribution in [0.2, 0.25) is 0 Å². The number of hydrogen-bond donors (Lipinski definition) is 1. The normalized spacial score (nSPS) is 11.8. The third-order valence-corrected chi connectivity index (χ3v) is 3.32. The molecule has 0 fully saturated rings. The molecule has 136 valence electrons. The monoisotopic (exact) mass is 346 g/mol. The zero-order valence-corrected chi connectivity index (χ0v) is 15.1. The summed E-state index contributed by atoms with van der Waals surface area (Å²) in [4.78, 5) is 5.15. The van der Waals surface area contributed by atoms with Crippen molar-refractivity contribution in [3.8, 4) is 17.2 Å². The molecule has 0 atom stereocenters. The van der Waals surface area contributed by atoms with E-state index in [-0.39, 0.29) is 6.61 Å². The molecule has 2 rings (SSSR count). The summed E-state index contributed by atoms with van der Waals surface area (Å²) in [6, 6.07) is 7.56. The first-order chi connectivity index (χ1) is 12.1. The predicted octanol–water partition coefficient (Wildman–Crippen LogP) is 3.75. The molecule has 0 aliphatic heterocycles. The van der Waals surface area contributed by atoms with Crippen molar-refractivity contribution in [2.75, 3.05) is 6.61 Å². The van der Waals surface area contributed by atoms with Crippen LogP contribution in [0.25, 0.3) is 11.5 Å². The van der Waals surface area contributed by atoms with Gasteiger partial charge in [-0.15, -0.1) is 10.2 Å². The minimum atomic E-state index is 0.0873. The van der Waals surface area contributed by atoms with Gasteiger partial charge in [-0.2, -0.15) is 0 Å². The lowest BCUT2D eigenvalue weighted by atomic mass is 10.1. The number of nitrogens with two attached hydrogens (primary N) is 1. The van der Waals surface area contributed by atoms with Gasteiger partial charge in [0.15, 0.2) is 6.61 Å². The topological polar surface area (TPSA) is 95.8 Å². The highest BCUT2D eigenvalue weighted by atomic mass is 16.6. The zero-order valence-electron chi connectivity index (χ0n) is 15.1. The molecule has 0 amide bonds. The number of unbranched alkanes of at least 4 members (excludes halogenated alkanes) is 1. The molecule has 0 aliphatic carbocycles. The number of hydrogen-bond acceptors (Lipinski definition) is 6. The molecule has 0 unspecified atom stereocenters. The van der Waals surface area contributed by atoms with Gasteiger partial charge in [0.2, 0.25) is 5.89 Å². The van der Waals surface area contributed by atoms with Crippen LogP contribution in [-0.2, 0) is 11.4 Å². The van der Waals surface area contributed by atoms with Crippen molar-refractivity contribution < 1.29 is 14.0 Å². The largest absolute Gasteiger partial charge is 0.494 e. The van der Waals surface area contributed by atoms with Gasteiger partial charge in [-0.1, -0.05) is 32.3 Å². The average molecular weight is 346 g/mol. The van der Waals surface area contributed by atoms with Crippen molar-refractivity contribution in [3.63, 3.8) is 0 Å². The molecule has 2 aromatic rings. The van der Waals surface area contributed by atoms with E-state index in [1.807, 2.05) is 24.3 Å². The van der Waals surface area contributed by atoms with Gasteiger partial charge < -0.3 is 19.7 Å². The number of nitrogens with zero attached hydrogens (tertiary/aromatic N) is 3. The van der Waals surface area contributed by atoms with E-state index in [2.05, 4.69) is 36.1 Å². The molecular weight excluding hydrogens is 320 g/mol. The molecular formula is C18H26N4O3. The maximum Gasteiger partial charge on any atom is 0.257 e. The van der Waals surface area contributed by atoms with Crippen molar-refractivity contribution >= 4 is 5.84 Å². The number of ether oxygens (including phenoxy) is 1. The molecule has 0 spiro atoms. The number of rotatable bonds is 10. The lowest BCUT2D eigenvalue weighted by Crippen LogP contribution is -2.14. The average Bonchev–Trinajstić information content (AvgIpc) is 3.04. The second-order valence-electron chi connectivity index (χ2n) is 6.18. The Bertz CT molecular complexity index is 665. The number of aromatic nitrogens is 2. The zero-order chi connectivity index (χ0) is 18.1. The Hall–Kier alpha value is -2.57. The van der Waals surface area contributed by atoms with Crippen LogP contribution in [0.5, 0.6) is 5.75 Å². The third-order valence-electron chi connectivity index (χ3n) is 3.32. The third kappa shape index (κ3) is 6.45.